The van der Waals surface area contributed by atoms with E-state index in [-0.39, 0.29) is 5.69 Å². The first kappa shape index (κ1) is 11.3. The fourth-order valence-electron chi connectivity index (χ4n) is 1.45. The Labute approximate surface area is 97.9 Å². The summed E-state index contributed by atoms with van der Waals surface area (Å²) in [4.78, 5) is 15.7. The minimum Gasteiger partial charge on any atom is -0.497 e. The van der Waals surface area contributed by atoms with Gasteiger partial charge < -0.3 is 4.74 Å². The third kappa shape index (κ3) is 2.30. The topological polar surface area (TPSA) is 39.2 Å². The average Bonchev–Trinajstić information content (AvgIpc) is 2.38. The van der Waals surface area contributed by atoms with Crippen molar-refractivity contribution >= 4 is 5.78 Å². The first-order valence-electron chi connectivity index (χ1n) is 5.01. The van der Waals surface area contributed by atoms with Gasteiger partial charge in [-0.3, -0.25) is 4.79 Å². The van der Waals surface area contributed by atoms with Gasteiger partial charge in [-0.05, 0) is 24.3 Å². The first-order valence-corrected chi connectivity index (χ1v) is 5.01. The molecule has 1 aromatic carbocycles. The molecule has 4 heteroatoms. The van der Waals surface area contributed by atoms with Gasteiger partial charge in [-0.15, -0.1) is 0 Å². The molecule has 0 bridgehead atoms. The number of hydrogen-bond donors (Lipinski definition) is 0. The van der Waals surface area contributed by atoms with Crippen LogP contribution in [-0.4, -0.2) is 17.9 Å². The zero-order valence-electron chi connectivity index (χ0n) is 9.18. The Morgan fingerprint density at radius 1 is 1.29 bits per heavy atom. The second kappa shape index (κ2) is 4.74. The van der Waals surface area contributed by atoms with Crippen molar-refractivity contribution in [1.82, 2.24) is 4.98 Å². The van der Waals surface area contributed by atoms with Crippen LogP contribution in [0.4, 0.5) is 4.39 Å². The van der Waals surface area contributed by atoms with E-state index in [0.717, 1.165) is 0 Å². The molecule has 0 spiro atoms. The summed E-state index contributed by atoms with van der Waals surface area (Å²) >= 11 is 0. The normalized spacial score (nSPS) is 10.0. The summed E-state index contributed by atoms with van der Waals surface area (Å²) in [5.74, 6) is -0.533. The predicted octanol–water partition coefficient (Wildman–Crippen LogP) is 2.46. The van der Waals surface area contributed by atoms with Gasteiger partial charge in [0.05, 0.1) is 7.11 Å². The van der Waals surface area contributed by atoms with E-state index in [1.807, 2.05) is 0 Å². The maximum absolute atomic E-state index is 13.4. The maximum Gasteiger partial charge on any atom is 0.214 e. The summed E-state index contributed by atoms with van der Waals surface area (Å²) in [6.45, 7) is 0. The molecule has 0 N–H and O–H groups in total. The van der Waals surface area contributed by atoms with Crippen molar-refractivity contribution in [2.24, 2.45) is 0 Å². The van der Waals surface area contributed by atoms with Gasteiger partial charge in [0.2, 0.25) is 5.78 Å². The third-order valence-corrected chi connectivity index (χ3v) is 2.31. The van der Waals surface area contributed by atoms with Crippen LogP contribution in [0.2, 0.25) is 0 Å². The Morgan fingerprint density at radius 2 is 2.12 bits per heavy atom. The third-order valence-electron chi connectivity index (χ3n) is 2.31. The minimum absolute atomic E-state index is 0.180. The van der Waals surface area contributed by atoms with Gasteiger partial charge in [0, 0.05) is 11.8 Å². The highest BCUT2D eigenvalue weighted by Crippen LogP contribution is 2.16. The Hall–Kier alpha value is -2.23. The monoisotopic (exact) mass is 231 g/mol. The van der Waals surface area contributed by atoms with E-state index in [9.17, 15) is 9.18 Å². The second-order valence-electron chi connectivity index (χ2n) is 3.39. The van der Waals surface area contributed by atoms with Crippen LogP contribution in [0.5, 0.6) is 5.75 Å². The molecule has 2 aromatic rings. The molecule has 0 unspecified atom stereocenters. The van der Waals surface area contributed by atoms with Crippen molar-refractivity contribution in [3.05, 3.63) is 59.7 Å². The summed E-state index contributed by atoms with van der Waals surface area (Å²) in [5.41, 5.74) is 0.169. The van der Waals surface area contributed by atoms with E-state index >= 15 is 0 Å². The standard InChI is InChI=1S/C13H10FNO2/c1-17-10-5-2-4-9(8-10)13(16)12-11(14)6-3-7-15-12/h2-8H,1H3. The highest BCUT2D eigenvalue weighted by atomic mass is 19.1. The molecule has 2 rings (SSSR count). The van der Waals surface area contributed by atoms with Crippen LogP contribution in [0.15, 0.2) is 42.6 Å². The molecule has 86 valence electrons. The highest BCUT2D eigenvalue weighted by molar-refractivity contribution is 6.08. The zero-order valence-corrected chi connectivity index (χ0v) is 9.18. The average molecular weight is 231 g/mol. The van der Waals surface area contributed by atoms with Crippen LogP contribution in [-0.2, 0) is 0 Å². The van der Waals surface area contributed by atoms with Crippen molar-refractivity contribution in [3.63, 3.8) is 0 Å². The van der Waals surface area contributed by atoms with E-state index in [4.69, 9.17) is 4.74 Å². The molecule has 0 aliphatic rings. The highest BCUT2D eigenvalue weighted by Gasteiger charge is 2.15. The van der Waals surface area contributed by atoms with E-state index < -0.39 is 11.6 Å². The molecule has 1 aromatic heterocycles. The van der Waals surface area contributed by atoms with Gasteiger partial charge in [-0.25, -0.2) is 9.37 Å². The Kier molecular flexibility index (Phi) is 3.14. The van der Waals surface area contributed by atoms with Crippen LogP contribution in [0, 0.1) is 5.82 Å². The van der Waals surface area contributed by atoms with E-state index in [2.05, 4.69) is 4.98 Å². The van der Waals surface area contributed by atoms with Crippen molar-refractivity contribution in [2.75, 3.05) is 7.11 Å². The van der Waals surface area contributed by atoms with Gasteiger partial charge in [0.25, 0.3) is 0 Å². The molecule has 0 amide bonds. The van der Waals surface area contributed by atoms with Crippen LogP contribution in [0.1, 0.15) is 16.1 Å². The quantitative estimate of drug-likeness (QED) is 0.762. The number of ether oxygens (including phenoxy) is 1. The number of rotatable bonds is 3. The van der Waals surface area contributed by atoms with Crippen LogP contribution >= 0.6 is 0 Å². The number of halogens is 1. The fourth-order valence-corrected chi connectivity index (χ4v) is 1.45. The molecular formula is C13H10FNO2. The van der Waals surface area contributed by atoms with Crippen molar-refractivity contribution in [3.8, 4) is 5.75 Å². The van der Waals surface area contributed by atoms with E-state index in [1.54, 1.807) is 24.3 Å². The second-order valence-corrected chi connectivity index (χ2v) is 3.39. The number of pyridine rings is 1. The SMILES string of the molecule is COc1cccc(C(=O)c2ncccc2F)c1. The summed E-state index contributed by atoms with van der Waals surface area (Å²) < 4.78 is 18.4. The predicted molar refractivity (Wildman–Crippen MR) is 60.6 cm³/mol. The summed E-state index contributed by atoms with van der Waals surface area (Å²) in [6, 6.07) is 9.19. The zero-order chi connectivity index (χ0) is 12.3. The number of nitrogens with zero attached hydrogens (tertiary/aromatic N) is 1. The lowest BCUT2D eigenvalue weighted by atomic mass is 10.1. The number of benzene rings is 1. The molecule has 0 saturated heterocycles. The molecular weight excluding hydrogens is 221 g/mol. The Bertz CT molecular complexity index is 555. The molecule has 0 aliphatic carbocycles. The Morgan fingerprint density at radius 3 is 2.82 bits per heavy atom. The van der Waals surface area contributed by atoms with E-state index in [1.165, 1.54) is 25.4 Å². The number of hydrogen-bond acceptors (Lipinski definition) is 3. The number of aromatic nitrogens is 1. The summed E-state index contributed by atoms with van der Waals surface area (Å²) in [6.07, 6.45) is 1.39. The van der Waals surface area contributed by atoms with Crippen molar-refractivity contribution in [1.29, 1.82) is 0 Å². The van der Waals surface area contributed by atoms with Crippen molar-refractivity contribution < 1.29 is 13.9 Å². The lowest BCUT2D eigenvalue weighted by Gasteiger charge is -2.03. The molecule has 0 aliphatic heterocycles. The van der Waals surface area contributed by atoms with Crippen LogP contribution in [0.3, 0.4) is 0 Å². The van der Waals surface area contributed by atoms with Gasteiger partial charge in [0.1, 0.15) is 11.4 Å². The summed E-state index contributed by atoms with van der Waals surface area (Å²) in [7, 11) is 1.50. The fraction of sp³-hybridized carbons (Fsp3) is 0.0769. The molecule has 0 fully saturated rings. The van der Waals surface area contributed by atoms with Gasteiger partial charge in [-0.2, -0.15) is 0 Å². The van der Waals surface area contributed by atoms with Crippen LogP contribution < -0.4 is 4.74 Å². The number of ketones is 1. The number of carbonyl (C=O) groups is 1. The minimum atomic E-state index is -0.625. The van der Waals surface area contributed by atoms with Gasteiger partial charge >= 0.3 is 0 Å². The molecule has 17 heavy (non-hydrogen) atoms. The number of carbonyl (C=O) groups excluding carboxylic acids is 1. The molecule has 3 nitrogen and oxygen atoms in total. The van der Waals surface area contributed by atoms with Crippen LogP contribution in [0.25, 0.3) is 0 Å². The lowest BCUT2D eigenvalue weighted by molar-refractivity contribution is 0.103. The molecule has 0 atom stereocenters. The maximum atomic E-state index is 13.4. The number of methoxy groups -OCH3 is 1. The lowest BCUT2D eigenvalue weighted by Crippen LogP contribution is -2.06. The van der Waals surface area contributed by atoms with Gasteiger partial charge in [-0.1, -0.05) is 12.1 Å². The Balaban J connectivity index is 2.40. The van der Waals surface area contributed by atoms with Crippen molar-refractivity contribution in [2.45, 2.75) is 0 Å². The van der Waals surface area contributed by atoms with Gasteiger partial charge in [0.15, 0.2) is 5.82 Å². The molecule has 0 saturated carbocycles. The smallest absolute Gasteiger partial charge is 0.214 e. The summed E-state index contributed by atoms with van der Waals surface area (Å²) in [5, 5.41) is 0. The molecule has 1 heterocycles. The molecule has 0 radical (unpaired) electrons. The van der Waals surface area contributed by atoms with E-state index in [0.29, 0.717) is 11.3 Å². The largest absolute Gasteiger partial charge is 0.497 e. The first-order chi connectivity index (χ1) is 8.22.